The van der Waals surface area contributed by atoms with Crippen LogP contribution in [-0.4, -0.2) is 25.7 Å². The number of carbonyl (C=O) groups excluding carboxylic acids is 1. The minimum atomic E-state index is -0.0839. The molecule has 0 spiro atoms. The van der Waals surface area contributed by atoms with Crippen LogP contribution in [0.3, 0.4) is 0 Å². The molecule has 0 heterocycles. The Morgan fingerprint density at radius 3 is 2.54 bits per heavy atom. The third-order valence-corrected chi connectivity index (χ3v) is 3.66. The Morgan fingerprint density at radius 2 is 1.88 bits per heavy atom. The summed E-state index contributed by atoms with van der Waals surface area (Å²) in [5, 5.41) is 2.96. The van der Waals surface area contributed by atoms with Gasteiger partial charge in [0.25, 0.3) is 5.91 Å². The van der Waals surface area contributed by atoms with E-state index in [4.69, 9.17) is 9.47 Å². The summed E-state index contributed by atoms with van der Waals surface area (Å²) in [5.74, 6) is 0.649. The van der Waals surface area contributed by atoms with Crippen molar-refractivity contribution in [2.75, 3.05) is 13.7 Å². The van der Waals surface area contributed by atoms with Crippen molar-refractivity contribution in [3.63, 3.8) is 0 Å². The third kappa shape index (κ3) is 5.39. The number of hydrogen-bond acceptors (Lipinski definition) is 3. The molecule has 4 heteroatoms. The van der Waals surface area contributed by atoms with E-state index in [9.17, 15) is 4.79 Å². The average Bonchev–Trinajstić information content (AvgIpc) is 2.60. The highest BCUT2D eigenvalue weighted by atomic mass is 16.5. The van der Waals surface area contributed by atoms with Crippen LogP contribution in [-0.2, 0) is 17.8 Å². The number of ether oxygens (including phenoxy) is 2. The molecule has 128 valence electrons. The molecule has 1 amide bonds. The zero-order chi connectivity index (χ0) is 17.4. The maximum absolute atomic E-state index is 12.3. The Kier molecular flexibility index (Phi) is 6.82. The highest BCUT2D eigenvalue weighted by Crippen LogP contribution is 2.21. The van der Waals surface area contributed by atoms with Gasteiger partial charge in [-0.15, -0.1) is 0 Å². The zero-order valence-corrected chi connectivity index (χ0v) is 14.5. The Balaban J connectivity index is 1.96. The van der Waals surface area contributed by atoms with Crippen molar-refractivity contribution < 1.29 is 14.3 Å². The molecule has 0 fully saturated rings. The van der Waals surface area contributed by atoms with Crippen molar-refractivity contribution in [3.8, 4) is 5.75 Å². The van der Waals surface area contributed by atoms with Crippen LogP contribution in [0.15, 0.2) is 48.5 Å². The second-order valence-electron chi connectivity index (χ2n) is 5.88. The van der Waals surface area contributed by atoms with E-state index in [2.05, 4.69) is 17.4 Å². The predicted octanol–water partition coefficient (Wildman–Crippen LogP) is 3.59. The van der Waals surface area contributed by atoms with Gasteiger partial charge in [-0.2, -0.15) is 0 Å². The molecule has 4 nitrogen and oxygen atoms in total. The summed E-state index contributed by atoms with van der Waals surface area (Å²) >= 11 is 0. The number of methoxy groups -OCH3 is 1. The van der Waals surface area contributed by atoms with E-state index in [-0.39, 0.29) is 12.0 Å². The molecule has 1 N–H and O–H groups in total. The first-order chi connectivity index (χ1) is 11.6. The average molecular weight is 327 g/mol. The van der Waals surface area contributed by atoms with E-state index < -0.39 is 0 Å². The van der Waals surface area contributed by atoms with Crippen LogP contribution in [0, 0.1) is 0 Å². The van der Waals surface area contributed by atoms with E-state index in [0.29, 0.717) is 18.7 Å². The lowest BCUT2D eigenvalue weighted by Gasteiger charge is -2.13. The lowest BCUT2D eigenvalue weighted by Crippen LogP contribution is -2.25. The summed E-state index contributed by atoms with van der Waals surface area (Å²) in [6.07, 6.45) is 0.935. The maximum Gasteiger partial charge on any atom is 0.251 e. The summed E-state index contributed by atoms with van der Waals surface area (Å²) in [5.41, 5.74) is 2.70. The molecule has 2 rings (SSSR count). The molecular formula is C20H25NO3. The second-order valence-corrected chi connectivity index (χ2v) is 5.88. The van der Waals surface area contributed by atoms with Gasteiger partial charge in [0.15, 0.2) is 0 Å². The maximum atomic E-state index is 12.3. The minimum absolute atomic E-state index is 0.0839. The summed E-state index contributed by atoms with van der Waals surface area (Å²) in [4.78, 5) is 12.3. The van der Waals surface area contributed by atoms with Gasteiger partial charge >= 0.3 is 0 Å². The fraction of sp³-hybridized carbons (Fsp3) is 0.350. The number of amides is 1. The van der Waals surface area contributed by atoms with Crippen LogP contribution >= 0.6 is 0 Å². The molecule has 0 aliphatic carbocycles. The van der Waals surface area contributed by atoms with Crippen LogP contribution in [0.2, 0.25) is 0 Å². The van der Waals surface area contributed by atoms with Gasteiger partial charge in [0, 0.05) is 17.7 Å². The summed E-state index contributed by atoms with van der Waals surface area (Å²) < 4.78 is 11.0. The summed E-state index contributed by atoms with van der Waals surface area (Å²) in [6.45, 7) is 4.98. The number of rotatable bonds is 8. The fourth-order valence-corrected chi connectivity index (χ4v) is 2.36. The molecule has 0 bridgehead atoms. The largest absolute Gasteiger partial charge is 0.496 e. The van der Waals surface area contributed by atoms with Crippen LogP contribution in [0.25, 0.3) is 0 Å². The fourth-order valence-electron chi connectivity index (χ4n) is 2.36. The second kappa shape index (κ2) is 9.08. The standard InChI is InChI=1S/C20H25NO3/c1-15(2)24-14-18-13-17(9-10-19(18)23-3)20(22)21-12-11-16-7-5-4-6-8-16/h4-10,13,15H,11-12,14H2,1-3H3,(H,21,22). The smallest absolute Gasteiger partial charge is 0.251 e. The molecule has 0 saturated carbocycles. The van der Waals surface area contributed by atoms with Crippen molar-refractivity contribution in [1.82, 2.24) is 5.32 Å². The Hall–Kier alpha value is -2.33. The third-order valence-electron chi connectivity index (χ3n) is 3.66. The van der Waals surface area contributed by atoms with Crippen molar-refractivity contribution in [1.29, 1.82) is 0 Å². The van der Waals surface area contributed by atoms with E-state index in [1.54, 1.807) is 13.2 Å². The predicted molar refractivity (Wildman–Crippen MR) is 95.4 cm³/mol. The van der Waals surface area contributed by atoms with Crippen molar-refractivity contribution >= 4 is 5.91 Å². The molecule has 0 aromatic heterocycles. The Morgan fingerprint density at radius 1 is 1.12 bits per heavy atom. The number of benzene rings is 2. The molecule has 0 atom stereocenters. The first kappa shape index (κ1) is 18.0. The van der Waals surface area contributed by atoms with Crippen molar-refractivity contribution in [2.45, 2.75) is 33.0 Å². The van der Waals surface area contributed by atoms with Crippen molar-refractivity contribution in [2.24, 2.45) is 0 Å². The van der Waals surface area contributed by atoms with Gasteiger partial charge in [-0.3, -0.25) is 4.79 Å². The Labute approximate surface area is 143 Å². The minimum Gasteiger partial charge on any atom is -0.496 e. The van der Waals surface area contributed by atoms with E-state index in [1.807, 2.05) is 44.2 Å². The number of hydrogen-bond donors (Lipinski definition) is 1. The van der Waals surface area contributed by atoms with Crippen LogP contribution in [0.4, 0.5) is 0 Å². The van der Waals surface area contributed by atoms with Gasteiger partial charge in [0.1, 0.15) is 5.75 Å². The first-order valence-electron chi connectivity index (χ1n) is 8.20. The van der Waals surface area contributed by atoms with Crippen LogP contribution < -0.4 is 10.1 Å². The topological polar surface area (TPSA) is 47.6 Å². The number of nitrogens with one attached hydrogen (secondary N) is 1. The van der Waals surface area contributed by atoms with Gasteiger partial charge in [-0.05, 0) is 44.0 Å². The molecule has 0 saturated heterocycles. The lowest BCUT2D eigenvalue weighted by molar-refractivity contribution is 0.0644. The molecule has 0 aliphatic heterocycles. The van der Waals surface area contributed by atoms with Gasteiger partial charge < -0.3 is 14.8 Å². The summed E-state index contributed by atoms with van der Waals surface area (Å²) in [7, 11) is 1.62. The molecule has 0 aliphatic rings. The highest BCUT2D eigenvalue weighted by molar-refractivity contribution is 5.94. The van der Waals surface area contributed by atoms with Crippen molar-refractivity contribution in [3.05, 3.63) is 65.2 Å². The van der Waals surface area contributed by atoms with E-state index in [1.165, 1.54) is 5.56 Å². The molecule has 2 aromatic rings. The van der Waals surface area contributed by atoms with E-state index >= 15 is 0 Å². The first-order valence-corrected chi connectivity index (χ1v) is 8.20. The van der Waals surface area contributed by atoms with Gasteiger partial charge in [0.2, 0.25) is 0 Å². The highest BCUT2D eigenvalue weighted by Gasteiger charge is 2.11. The monoisotopic (exact) mass is 327 g/mol. The molecule has 0 unspecified atom stereocenters. The normalized spacial score (nSPS) is 10.7. The SMILES string of the molecule is COc1ccc(C(=O)NCCc2ccccc2)cc1COC(C)C. The zero-order valence-electron chi connectivity index (χ0n) is 14.5. The molecule has 24 heavy (non-hydrogen) atoms. The number of carbonyl (C=O) groups is 1. The molecule has 0 radical (unpaired) electrons. The van der Waals surface area contributed by atoms with Gasteiger partial charge in [-0.25, -0.2) is 0 Å². The summed E-state index contributed by atoms with van der Waals surface area (Å²) in [6, 6.07) is 15.5. The quantitative estimate of drug-likeness (QED) is 0.806. The van der Waals surface area contributed by atoms with Gasteiger partial charge in [0.05, 0.1) is 19.8 Å². The van der Waals surface area contributed by atoms with Crippen LogP contribution in [0.5, 0.6) is 5.75 Å². The van der Waals surface area contributed by atoms with Crippen LogP contribution in [0.1, 0.15) is 35.3 Å². The van der Waals surface area contributed by atoms with E-state index in [0.717, 1.165) is 17.7 Å². The molecule has 2 aromatic carbocycles. The Bertz CT molecular complexity index is 653. The van der Waals surface area contributed by atoms with Gasteiger partial charge in [-0.1, -0.05) is 30.3 Å². The lowest BCUT2D eigenvalue weighted by atomic mass is 10.1. The molecular weight excluding hydrogens is 302 g/mol.